The van der Waals surface area contributed by atoms with E-state index in [9.17, 15) is 4.79 Å². The normalized spacial score (nSPS) is 46.3. The van der Waals surface area contributed by atoms with Crippen molar-refractivity contribution in [1.82, 2.24) is 0 Å². The first kappa shape index (κ1) is 11.4. The average molecular weight is 230 g/mol. The van der Waals surface area contributed by atoms with Crippen molar-refractivity contribution in [2.24, 2.45) is 28.9 Å². The van der Waals surface area contributed by atoms with Gasteiger partial charge in [0.15, 0.2) is 5.78 Å². The first-order chi connectivity index (χ1) is 6.72. The third-order valence-corrected chi connectivity index (χ3v) is 4.82. The molecule has 0 unspecified atom stereocenters. The van der Waals surface area contributed by atoms with Crippen LogP contribution in [-0.2, 0) is 4.79 Å². The van der Waals surface area contributed by atoms with E-state index in [-0.39, 0.29) is 24.4 Å². The van der Waals surface area contributed by atoms with Crippen LogP contribution in [0.5, 0.6) is 0 Å². The van der Waals surface area contributed by atoms with Crippen LogP contribution in [0.1, 0.15) is 38.5 Å². The van der Waals surface area contributed by atoms with Crippen LogP contribution >= 0.6 is 12.4 Å². The van der Waals surface area contributed by atoms with Crippen LogP contribution in [0.25, 0.3) is 0 Å². The van der Waals surface area contributed by atoms with Crippen LogP contribution in [0.4, 0.5) is 0 Å². The van der Waals surface area contributed by atoms with Crippen molar-refractivity contribution in [2.45, 2.75) is 38.5 Å². The van der Waals surface area contributed by atoms with Gasteiger partial charge in [0.25, 0.3) is 0 Å². The molecule has 0 aromatic rings. The highest BCUT2D eigenvalue weighted by Gasteiger charge is 2.53. The second-order valence-electron chi connectivity index (χ2n) is 5.83. The van der Waals surface area contributed by atoms with E-state index in [0.29, 0.717) is 5.78 Å². The van der Waals surface area contributed by atoms with E-state index in [2.05, 4.69) is 0 Å². The molecule has 3 heteroatoms. The fourth-order valence-corrected chi connectivity index (χ4v) is 4.67. The average Bonchev–Trinajstić information content (AvgIpc) is 2.14. The van der Waals surface area contributed by atoms with Gasteiger partial charge in [-0.15, -0.1) is 12.4 Å². The van der Waals surface area contributed by atoms with Crippen molar-refractivity contribution in [1.29, 1.82) is 0 Å². The summed E-state index contributed by atoms with van der Waals surface area (Å²) in [7, 11) is 0. The Kier molecular flexibility index (Phi) is 2.85. The number of hydrogen-bond donors (Lipinski definition) is 1. The van der Waals surface area contributed by atoms with Crippen molar-refractivity contribution in [3.8, 4) is 0 Å². The number of hydrogen-bond acceptors (Lipinski definition) is 2. The van der Waals surface area contributed by atoms with Crippen LogP contribution in [-0.4, -0.2) is 12.3 Å². The van der Waals surface area contributed by atoms with Crippen LogP contribution in [0, 0.1) is 23.2 Å². The summed E-state index contributed by atoms with van der Waals surface area (Å²) in [6.07, 6.45) is 7.68. The van der Waals surface area contributed by atoms with Gasteiger partial charge in [0.2, 0.25) is 0 Å². The van der Waals surface area contributed by atoms with E-state index in [1.54, 1.807) is 0 Å². The van der Waals surface area contributed by atoms with Gasteiger partial charge in [-0.1, -0.05) is 0 Å². The molecule has 0 aromatic heterocycles. The first-order valence-corrected chi connectivity index (χ1v) is 5.95. The molecule has 2 nitrogen and oxygen atoms in total. The Labute approximate surface area is 97.4 Å². The molecule has 4 aliphatic carbocycles. The zero-order chi connectivity index (χ0) is 9.76. The maximum atomic E-state index is 11.9. The topological polar surface area (TPSA) is 43.1 Å². The van der Waals surface area contributed by atoms with Crippen LogP contribution in [0.3, 0.4) is 0 Å². The fourth-order valence-electron chi connectivity index (χ4n) is 4.67. The SMILES string of the molecule is Cl.NCC(=O)C12CC3CC(CC(C3)C1)C2. The van der Waals surface area contributed by atoms with Gasteiger partial charge in [-0.2, -0.15) is 0 Å². The number of carbonyl (C=O) groups is 1. The monoisotopic (exact) mass is 229 g/mol. The molecule has 4 rings (SSSR count). The van der Waals surface area contributed by atoms with Crippen LogP contribution in [0.15, 0.2) is 0 Å². The zero-order valence-electron chi connectivity index (χ0n) is 9.08. The molecular formula is C12H20ClNO. The number of carbonyl (C=O) groups excluding carboxylic acids is 1. The molecule has 4 fully saturated rings. The van der Waals surface area contributed by atoms with Gasteiger partial charge in [-0.25, -0.2) is 0 Å². The number of halogens is 1. The van der Waals surface area contributed by atoms with Crippen molar-refractivity contribution in [3.63, 3.8) is 0 Å². The van der Waals surface area contributed by atoms with E-state index in [4.69, 9.17) is 5.73 Å². The minimum atomic E-state index is 0. The van der Waals surface area contributed by atoms with Crippen molar-refractivity contribution >= 4 is 18.2 Å². The summed E-state index contributed by atoms with van der Waals surface area (Å²) in [6, 6.07) is 0. The molecule has 2 N–H and O–H groups in total. The number of Topliss-reactive ketones (excluding diaryl/α,β-unsaturated/α-hetero) is 1. The fraction of sp³-hybridized carbons (Fsp3) is 0.917. The molecule has 0 atom stereocenters. The minimum Gasteiger partial charge on any atom is -0.324 e. The lowest BCUT2D eigenvalue weighted by Gasteiger charge is -2.55. The Morgan fingerprint density at radius 3 is 1.80 bits per heavy atom. The molecule has 15 heavy (non-hydrogen) atoms. The molecule has 0 amide bonds. The van der Waals surface area contributed by atoms with Crippen LogP contribution in [0.2, 0.25) is 0 Å². The summed E-state index contributed by atoms with van der Waals surface area (Å²) in [4.78, 5) is 11.9. The first-order valence-electron chi connectivity index (χ1n) is 5.95. The summed E-state index contributed by atoms with van der Waals surface area (Å²) in [5.41, 5.74) is 5.59. The van der Waals surface area contributed by atoms with Gasteiger partial charge in [0.05, 0.1) is 6.54 Å². The van der Waals surface area contributed by atoms with Crippen LogP contribution < -0.4 is 5.73 Å². The summed E-state index contributed by atoms with van der Waals surface area (Å²) < 4.78 is 0. The molecule has 0 spiro atoms. The minimum absolute atomic E-state index is 0. The molecule has 0 saturated heterocycles. The third-order valence-electron chi connectivity index (χ3n) is 4.82. The maximum Gasteiger partial charge on any atom is 0.152 e. The Morgan fingerprint density at radius 2 is 1.47 bits per heavy atom. The molecule has 86 valence electrons. The van der Waals surface area contributed by atoms with E-state index in [0.717, 1.165) is 37.0 Å². The van der Waals surface area contributed by atoms with Crippen molar-refractivity contribution < 1.29 is 4.79 Å². The molecule has 4 saturated carbocycles. The summed E-state index contributed by atoms with van der Waals surface area (Å²) >= 11 is 0. The number of ketones is 1. The molecule has 0 aliphatic heterocycles. The summed E-state index contributed by atoms with van der Waals surface area (Å²) in [6.45, 7) is 0.270. The smallest absolute Gasteiger partial charge is 0.152 e. The lowest BCUT2D eigenvalue weighted by molar-refractivity contribution is -0.142. The van der Waals surface area contributed by atoms with Crippen molar-refractivity contribution in [2.75, 3.05) is 6.54 Å². The molecular weight excluding hydrogens is 210 g/mol. The highest BCUT2D eigenvalue weighted by Crippen LogP contribution is 2.60. The molecule has 0 radical (unpaired) electrons. The second kappa shape index (κ2) is 3.74. The van der Waals surface area contributed by atoms with Crippen molar-refractivity contribution in [3.05, 3.63) is 0 Å². The Balaban J connectivity index is 0.000000853. The standard InChI is InChI=1S/C12H19NO.ClH/c13-7-11(14)12-4-8-1-9(5-12)3-10(2-8)6-12;/h8-10H,1-7,13H2;1H. The zero-order valence-corrected chi connectivity index (χ0v) is 9.89. The molecule has 4 bridgehead atoms. The van der Waals surface area contributed by atoms with Gasteiger partial charge in [0.1, 0.15) is 0 Å². The summed E-state index contributed by atoms with van der Waals surface area (Å²) in [5, 5.41) is 0. The molecule has 0 aromatic carbocycles. The lowest BCUT2D eigenvalue weighted by Crippen LogP contribution is -2.51. The number of rotatable bonds is 2. The van der Waals surface area contributed by atoms with Gasteiger partial charge in [-0.05, 0) is 56.3 Å². The van der Waals surface area contributed by atoms with Gasteiger partial charge < -0.3 is 5.73 Å². The molecule has 4 aliphatic rings. The Morgan fingerprint density at radius 1 is 1.07 bits per heavy atom. The summed E-state index contributed by atoms with van der Waals surface area (Å²) in [5.74, 6) is 2.93. The predicted octanol–water partition coefficient (Wildman–Crippen LogP) is 2.15. The second-order valence-corrected chi connectivity index (χ2v) is 5.83. The van der Waals surface area contributed by atoms with E-state index in [1.165, 1.54) is 19.3 Å². The van der Waals surface area contributed by atoms with Gasteiger partial charge in [-0.3, -0.25) is 4.79 Å². The quantitative estimate of drug-likeness (QED) is 0.789. The molecule has 0 heterocycles. The Hall–Kier alpha value is -0.0800. The van der Waals surface area contributed by atoms with E-state index >= 15 is 0 Å². The lowest BCUT2D eigenvalue weighted by atomic mass is 9.48. The largest absolute Gasteiger partial charge is 0.324 e. The predicted molar refractivity (Wildman–Crippen MR) is 61.9 cm³/mol. The van der Waals surface area contributed by atoms with Gasteiger partial charge >= 0.3 is 0 Å². The maximum absolute atomic E-state index is 11.9. The Bertz CT molecular complexity index is 242. The van der Waals surface area contributed by atoms with Gasteiger partial charge in [0, 0.05) is 5.41 Å². The van der Waals surface area contributed by atoms with E-state index in [1.807, 2.05) is 0 Å². The third kappa shape index (κ3) is 1.62. The highest BCUT2D eigenvalue weighted by molar-refractivity contribution is 5.87. The highest BCUT2D eigenvalue weighted by atomic mass is 35.5. The van der Waals surface area contributed by atoms with E-state index < -0.39 is 0 Å². The number of nitrogens with two attached hydrogens (primary N) is 1.